The van der Waals surface area contributed by atoms with Crippen molar-refractivity contribution in [3.63, 3.8) is 0 Å². The van der Waals surface area contributed by atoms with E-state index in [2.05, 4.69) is 0 Å². The summed E-state index contributed by atoms with van der Waals surface area (Å²) in [4.78, 5) is 20.8. The van der Waals surface area contributed by atoms with Gasteiger partial charge in [0.1, 0.15) is 0 Å². The van der Waals surface area contributed by atoms with Crippen LogP contribution in [0.1, 0.15) is 13.8 Å². The molecule has 0 aromatic heterocycles. The normalized spacial score (nSPS) is 12.5. The fourth-order valence-corrected chi connectivity index (χ4v) is 0.750. The summed E-state index contributed by atoms with van der Waals surface area (Å²) in [5, 5.41) is 0. The summed E-state index contributed by atoms with van der Waals surface area (Å²) in [5.41, 5.74) is 0. The molecule has 0 unspecified atom stereocenters. The summed E-state index contributed by atoms with van der Waals surface area (Å²) in [5.74, 6) is 0. The van der Waals surface area contributed by atoms with Crippen LogP contribution in [0.15, 0.2) is 0 Å². The molecule has 0 saturated carbocycles. The van der Waals surface area contributed by atoms with E-state index in [4.69, 9.17) is 0 Å². The minimum Gasteiger partial charge on any atom is 2.00 e. The molecule has 0 heterocycles. The van der Waals surface area contributed by atoms with Gasteiger partial charge in [0.2, 0.25) is 0 Å². The predicted octanol–water partition coefficient (Wildman–Crippen LogP) is -0.676. The monoisotopic (exact) mass is 186 g/mol. The van der Waals surface area contributed by atoms with Gasteiger partial charge in [0.15, 0.2) is 0 Å². The van der Waals surface area contributed by atoms with Crippen LogP contribution in [0.3, 0.4) is 0 Å². The third kappa shape index (κ3) is 5.12. The van der Waals surface area contributed by atoms with Gasteiger partial charge in [0, 0.05) is 0 Å². The van der Waals surface area contributed by atoms with Gasteiger partial charge in [0.05, 0.1) is 0 Å². The van der Waals surface area contributed by atoms with Crippen molar-refractivity contribution in [3.05, 3.63) is 0 Å². The summed E-state index contributed by atoms with van der Waals surface area (Å²) in [6.07, 6.45) is 0.646. The largest absolute Gasteiger partial charge is 2.00 e. The Morgan fingerprint density at radius 1 is 1.12 bits per heavy atom. The summed E-state index contributed by atoms with van der Waals surface area (Å²) < 4.78 is 0. The molecule has 0 saturated heterocycles. The van der Waals surface area contributed by atoms with Gasteiger partial charge < -0.3 is 0 Å². The van der Waals surface area contributed by atoms with Crippen LogP contribution >= 0.6 is 7.72 Å². The molecule has 0 radical (unpaired) electrons. The molecule has 0 N–H and O–H groups in total. The molecule has 0 amide bonds. The molecule has 0 rings (SSSR count). The van der Waals surface area contributed by atoms with Crippen molar-refractivity contribution in [1.82, 2.24) is 0 Å². The Morgan fingerprint density at radius 2 is 1.38 bits per heavy atom. The SMILES string of the molecule is CC[PH]([O-])([O-])CC.[Zn+2]. The van der Waals surface area contributed by atoms with Crippen LogP contribution in [0.25, 0.3) is 0 Å². The Labute approximate surface area is 63.6 Å². The van der Waals surface area contributed by atoms with Gasteiger partial charge in [-0.3, -0.25) is 0 Å². The summed E-state index contributed by atoms with van der Waals surface area (Å²) in [6.45, 7) is 3.35. The van der Waals surface area contributed by atoms with Gasteiger partial charge in [-0.25, -0.2) is 0 Å². The predicted molar refractivity (Wildman–Crippen MR) is 29.4 cm³/mol. The molecular weight excluding hydrogens is 176 g/mol. The number of rotatable bonds is 2. The van der Waals surface area contributed by atoms with E-state index in [9.17, 15) is 9.79 Å². The third-order valence-electron chi connectivity index (χ3n) is 1.08. The van der Waals surface area contributed by atoms with Crippen LogP contribution < -0.4 is 9.79 Å². The van der Waals surface area contributed by atoms with Crippen LogP contribution in [0.2, 0.25) is 0 Å². The summed E-state index contributed by atoms with van der Waals surface area (Å²) >= 11 is 0. The van der Waals surface area contributed by atoms with Crippen molar-refractivity contribution in [2.75, 3.05) is 12.3 Å². The first-order valence-corrected chi connectivity index (χ1v) is 4.76. The Kier molecular flexibility index (Phi) is 7.06. The zero-order valence-corrected chi connectivity index (χ0v) is 9.40. The van der Waals surface area contributed by atoms with Crippen molar-refractivity contribution < 1.29 is 29.3 Å². The van der Waals surface area contributed by atoms with E-state index in [1.54, 1.807) is 13.8 Å². The van der Waals surface area contributed by atoms with Gasteiger partial charge in [-0.2, -0.15) is 0 Å². The molecule has 0 aliphatic carbocycles. The van der Waals surface area contributed by atoms with E-state index in [0.717, 1.165) is 0 Å². The number of hydrogen-bond donors (Lipinski definition) is 0. The minimum atomic E-state index is -3.15. The molecule has 0 bridgehead atoms. The third-order valence-corrected chi connectivity index (χ3v) is 3.23. The topological polar surface area (TPSA) is 46.1 Å². The minimum absolute atomic E-state index is 0. The fraction of sp³-hybridized carbons (Fsp3) is 1.00. The standard InChI is InChI=1S/C4H11O2P.Zn/c1-3-7(5,6)4-2;/h7H,3-4H2,1-2H3;/q-2;+2. The van der Waals surface area contributed by atoms with Gasteiger partial charge in [-0.15, -0.1) is 0 Å². The van der Waals surface area contributed by atoms with Gasteiger partial charge in [-0.1, -0.05) is 0 Å². The molecule has 0 atom stereocenters. The second-order valence-electron chi connectivity index (χ2n) is 1.62. The van der Waals surface area contributed by atoms with Crippen molar-refractivity contribution in [3.8, 4) is 0 Å². The quantitative estimate of drug-likeness (QED) is 0.425. The average molecular weight is 187 g/mol. The van der Waals surface area contributed by atoms with Crippen LogP contribution in [0.4, 0.5) is 0 Å². The Morgan fingerprint density at radius 3 is 1.38 bits per heavy atom. The molecular formula is C4H11O2PZn. The fourth-order valence-electron chi connectivity index (χ4n) is 0.250. The van der Waals surface area contributed by atoms with E-state index in [0.29, 0.717) is 12.3 Å². The molecule has 0 fully saturated rings. The molecule has 0 aliphatic rings. The van der Waals surface area contributed by atoms with Gasteiger partial charge in [0.25, 0.3) is 0 Å². The summed E-state index contributed by atoms with van der Waals surface area (Å²) in [6, 6.07) is 0. The maximum absolute atomic E-state index is 10.4. The van der Waals surface area contributed by atoms with E-state index >= 15 is 0 Å². The smallest absolute Gasteiger partial charge is 2.00 e. The maximum Gasteiger partial charge on any atom is 2.00 e. The molecule has 46 valence electrons. The van der Waals surface area contributed by atoms with Crippen LogP contribution in [0.5, 0.6) is 0 Å². The van der Waals surface area contributed by atoms with Crippen molar-refractivity contribution >= 4 is 7.72 Å². The van der Waals surface area contributed by atoms with Crippen molar-refractivity contribution in [2.45, 2.75) is 13.8 Å². The Bertz CT molecular complexity index is 52.0. The first-order valence-electron chi connectivity index (χ1n) is 2.53. The van der Waals surface area contributed by atoms with Crippen molar-refractivity contribution in [2.24, 2.45) is 0 Å². The zero-order valence-electron chi connectivity index (χ0n) is 5.44. The molecule has 0 aliphatic heterocycles. The Balaban J connectivity index is 0. The second-order valence-corrected chi connectivity index (χ2v) is 4.85. The summed E-state index contributed by atoms with van der Waals surface area (Å²) in [7, 11) is -3.15. The van der Waals surface area contributed by atoms with Gasteiger partial charge in [-0.05, 0) is 0 Å². The molecule has 0 aromatic carbocycles. The molecule has 8 heavy (non-hydrogen) atoms. The van der Waals surface area contributed by atoms with Crippen LogP contribution in [-0.4, -0.2) is 12.3 Å². The first kappa shape index (κ1) is 11.7. The van der Waals surface area contributed by atoms with E-state index < -0.39 is 7.72 Å². The average Bonchev–Trinajstić information content (AvgIpc) is 1.68. The number of hydrogen-bond acceptors (Lipinski definition) is 2. The molecule has 4 heteroatoms. The van der Waals surface area contributed by atoms with E-state index in [1.165, 1.54) is 0 Å². The van der Waals surface area contributed by atoms with Crippen LogP contribution in [0, 0.1) is 0 Å². The van der Waals surface area contributed by atoms with Crippen molar-refractivity contribution in [1.29, 1.82) is 0 Å². The maximum atomic E-state index is 10.4. The first-order chi connectivity index (χ1) is 3.12. The molecule has 0 spiro atoms. The Hall–Kier alpha value is 0.973. The van der Waals surface area contributed by atoms with Crippen LogP contribution in [-0.2, 0) is 19.5 Å². The van der Waals surface area contributed by atoms with E-state index in [1.807, 2.05) is 0 Å². The molecule has 0 aromatic rings. The molecule has 2 nitrogen and oxygen atoms in total. The zero-order chi connectivity index (χ0) is 5.91. The second kappa shape index (κ2) is 4.82. The van der Waals surface area contributed by atoms with Gasteiger partial charge >= 0.3 is 63.2 Å². The van der Waals surface area contributed by atoms with E-state index in [-0.39, 0.29) is 19.5 Å².